The standard InChI is InChI=1S/C19H20BrFN2O2/c1-25-18-7-4-16(20)12-15(18)13-22-8-10-23(11-9-22)19(24)14-2-5-17(21)6-3-14/h2-7,12H,8-11,13H2,1H3/p+1. The Bertz CT molecular complexity index is 744. The summed E-state index contributed by atoms with van der Waals surface area (Å²) in [6.07, 6.45) is 0. The lowest BCUT2D eigenvalue weighted by Gasteiger charge is -2.32. The number of hydrogen-bond acceptors (Lipinski definition) is 2. The van der Waals surface area contributed by atoms with Crippen molar-refractivity contribution in [2.45, 2.75) is 6.54 Å². The molecular weight excluding hydrogens is 387 g/mol. The second kappa shape index (κ2) is 7.97. The van der Waals surface area contributed by atoms with Crippen molar-refractivity contribution in [3.8, 4) is 5.75 Å². The van der Waals surface area contributed by atoms with Crippen LogP contribution in [-0.4, -0.2) is 44.1 Å². The van der Waals surface area contributed by atoms with Gasteiger partial charge < -0.3 is 14.5 Å². The second-order valence-corrected chi connectivity index (χ2v) is 7.10. The lowest BCUT2D eigenvalue weighted by Crippen LogP contribution is -3.13. The van der Waals surface area contributed by atoms with E-state index in [0.717, 1.165) is 35.4 Å². The third-order valence-corrected chi connectivity index (χ3v) is 5.03. The van der Waals surface area contributed by atoms with Gasteiger partial charge >= 0.3 is 0 Å². The largest absolute Gasteiger partial charge is 0.496 e. The van der Waals surface area contributed by atoms with Crippen molar-refractivity contribution in [1.29, 1.82) is 0 Å². The number of carbonyl (C=O) groups excluding carboxylic acids is 1. The number of benzene rings is 2. The Labute approximate surface area is 155 Å². The molecule has 1 heterocycles. The van der Waals surface area contributed by atoms with Gasteiger partial charge in [-0.1, -0.05) is 15.9 Å². The van der Waals surface area contributed by atoms with E-state index in [1.807, 2.05) is 17.0 Å². The highest BCUT2D eigenvalue weighted by atomic mass is 79.9. The molecule has 1 N–H and O–H groups in total. The molecule has 1 amide bonds. The molecule has 0 aliphatic carbocycles. The smallest absolute Gasteiger partial charge is 0.254 e. The summed E-state index contributed by atoms with van der Waals surface area (Å²) in [6, 6.07) is 11.8. The summed E-state index contributed by atoms with van der Waals surface area (Å²) in [5.41, 5.74) is 1.70. The molecule has 0 unspecified atom stereocenters. The molecule has 1 fully saturated rings. The number of rotatable bonds is 4. The minimum Gasteiger partial charge on any atom is -0.496 e. The second-order valence-electron chi connectivity index (χ2n) is 6.18. The first-order chi connectivity index (χ1) is 12.1. The number of methoxy groups -OCH3 is 1. The fourth-order valence-corrected chi connectivity index (χ4v) is 3.54. The van der Waals surface area contributed by atoms with Gasteiger partial charge in [0.25, 0.3) is 5.91 Å². The van der Waals surface area contributed by atoms with E-state index in [0.29, 0.717) is 18.7 Å². The summed E-state index contributed by atoms with van der Waals surface area (Å²) < 4.78 is 19.5. The average Bonchev–Trinajstić information content (AvgIpc) is 2.63. The predicted octanol–water partition coefficient (Wildman–Crippen LogP) is 2.14. The molecule has 6 heteroatoms. The third kappa shape index (κ3) is 4.38. The minimum atomic E-state index is -0.325. The first-order valence-electron chi connectivity index (χ1n) is 8.27. The molecule has 1 aliphatic heterocycles. The van der Waals surface area contributed by atoms with Gasteiger partial charge in [-0.25, -0.2) is 4.39 Å². The SMILES string of the molecule is COc1ccc(Br)cc1C[NH+]1CCN(C(=O)c2ccc(F)cc2)CC1. The Hall–Kier alpha value is -1.92. The average molecular weight is 408 g/mol. The molecule has 2 aromatic carbocycles. The molecule has 1 saturated heterocycles. The highest BCUT2D eigenvalue weighted by Crippen LogP contribution is 2.22. The number of nitrogens with zero attached hydrogens (tertiary/aromatic N) is 1. The molecule has 0 bridgehead atoms. The normalized spacial score (nSPS) is 15.2. The van der Waals surface area contributed by atoms with Crippen LogP contribution in [0, 0.1) is 5.82 Å². The molecule has 0 saturated carbocycles. The Morgan fingerprint density at radius 3 is 2.52 bits per heavy atom. The number of piperazine rings is 1. The number of amides is 1. The summed E-state index contributed by atoms with van der Waals surface area (Å²) in [7, 11) is 1.68. The summed E-state index contributed by atoms with van der Waals surface area (Å²) >= 11 is 3.51. The van der Waals surface area contributed by atoms with E-state index < -0.39 is 0 Å². The van der Waals surface area contributed by atoms with Crippen LogP contribution >= 0.6 is 15.9 Å². The van der Waals surface area contributed by atoms with Gasteiger partial charge in [-0.3, -0.25) is 4.79 Å². The zero-order valence-corrected chi connectivity index (χ0v) is 15.7. The zero-order chi connectivity index (χ0) is 17.8. The Morgan fingerprint density at radius 2 is 1.88 bits per heavy atom. The van der Waals surface area contributed by atoms with E-state index >= 15 is 0 Å². The summed E-state index contributed by atoms with van der Waals surface area (Å²) in [5.74, 6) is 0.536. The number of halogens is 2. The monoisotopic (exact) mass is 407 g/mol. The molecule has 2 aromatic rings. The minimum absolute atomic E-state index is 0.0286. The van der Waals surface area contributed by atoms with Crippen molar-refractivity contribution in [2.24, 2.45) is 0 Å². The van der Waals surface area contributed by atoms with E-state index in [1.165, 1.54) is 17.0 Å². The quantitative estimate of drug-likeness (QED) is 0.842. The Balaban J connectivity index is 1.59. The first-order valence-corrected chi connectivity index (χ1v) is 9.07. The van der Waals surface area contributed by atoms with Crippen molar-refractivity contribution < 1.29 is 18.8 Å². The number of quaternary nitrogens is 1. The highest BCUT2D eigenvalue weighted by Gasteiger charge is 2.25. The van der Waals surface area contributed by atoms with Crippen molar-refractivity contribution >= 4 is 21.8 Å². The van der Waals surface area contributed by atoms with Crippen LogP contribution in [0.15, 0.2) is 46.9 Å². The summed E-state index contributed by atoms with van der Waals surface area (Å²) in [4.78, 5) is 15.7. The highest BCUT2D eigenvalue weighted by molar-refractivity contribution is 9.10. The van der Waals surface area contributed by atoms with Crippen LogP contribution < -0.4 is 9.64 Å². The van der Waals surface area contributed by atoms with Gasteiger partial charge in [0.05, 0.1) is 33.3 Å². The van der Waals surface area contributed by atoms with E-state index in [4.69, 9.17) is 4.74 Å². The van der Waals surface area contributed by atoms with Crippen molar-refractivity contribution in [1.82, 2.24) is 4.90 Å². The molecule has 132 valence electrons. The number of ether oxygens (including phenoxy) is 1. The first kappa shape index (κ1) is 17.9. The van der Waals surface area contributed by atoms with Crippen molar-refractivity contribution in [3.05, 3.63) is 63.9 Å². The number of hydrogen-bond donors (Lipinski definition) is 1. The fraction of sp³-hybridized carbons (Fsp3) is 0.316. The third-order valence-electron chi connectivity index (χ3n) is 4.53. The van der Waals surface area contributed by atoms with Crippen LogP contribution in [0.2, 0.25) is 0 Å². The van der Waals surface area contributed by atoms with Gasteiger partial charge in [0.2, 0.25) is 0 Å². The topological polar surface area (TPSA) is 34.0 Å². The Kier molecular flexibility index (Phi) is 5.71. The predicted molar refractivity (Wildman–Crippen MR) is 97.4 cm³/mol. The van der Waals surface area contributed by atoms with Gasteiger partial charge in [0.15, 0.2) is 0 Å². The van der Waals surface area contributed by atoms with E-state index in [2.05, 4.69) is 22.0 Å². The van der Waals surface area contributed by atoms with Gasteiger partial charge in [-0.2, -0.15) is 0 Å². The van der Waals surface area contributed by atoms with Crippen LogP contribution in [-0.2, 0) is 6.54 Å². The van der Waals surface area contributed by atoms with Crippen LogP contribution in [0.5, 0.6) is 5.75 Å². The molecular formula is C19H21BrFN2O2+. The van der Waals surface area contributed by atoms with Gasteiger partial charge in [0, 0.05) is 15.6 Å². The number of carbonyl (C=O) groups is 1. The molecule has 0 spiro atoms. The lowest BCUT2D eigenvalue weighted by molar-refractivity contribution is -0.917. The maximum atomic E-state index is 13.0. The Morgan fingerprint density at radius 1 is 1.20 bits per heavy atom. The molecule has 1 aliphatic rings. The number of nitrogens with one attached hydrogen (secondary N) is 1. The van der Waals surface area contributed by atoms with Crippen LogP contribution in [0.1, 0.15) is 15.9 Å². The summed E-state index contributed by atoms with van der Waals surface area (Å²) in [5, 5.41) is 0. The maximum absolute atomic E-state index is 13.0. The molecule has 4 nitrogen and oxygen atoms in total. The van der Waals surface area contributed by atoms with E-state index in [9.17, 15) is 9.18 Å². The van der Waals surface area contributed by atoms with E-state index in [-0.39, 0.29) is 11.7 Å². The van der Waals surface area contributed by atoms with Crippen molar-refractivity contribution in [3.63, 3.8) is 0 Å². The molecule has 0 aromatic heterocycles. The van der Waals surface area contributed by atoms with Gasteiger partial charge in [0.1, 0.15) is 18.1 Å². The zero-order valence-electron chi connectivity index (χ0n) is 14.1. The molecule has 25 heavy (non-hydrogen) atoms. The maximum Gasteiger partial charge on any atom is 0.254 e. The lowest BCUT2D eigenvalue weighted by atomic mass is 10.1. The van der Waals surface area contributed by atoms with Gasteiger partial charge in [-0.15, -0.1) is 0 Å². The molecule has 0 radical (unpaired) electrons. The van der Waals surface area contributed by atoms with Gasteiger partial charge in [-0.05, 0) is 42.5 Å². The van der Waals surface area contributed by atoms with Crippen molar-refractivity contribution in [2.75, 3.05) is 33.3 Å². The molecule has 3 rings (SSSR count). The van der Waals surface area contributed by atoms with Crippen LogP contribution in [0.25, 0.3) is 0 Å². The fourth-order valence-electron chi connectivity index (χ4n) is 3.13. The van der Waals surface area contributed by atoms with Crippen LogP contribution in [0.4, 0.5) is 4.39 Å². The summed E-state index contributed by atoms with van der Waals surface area (Å²) in [6.45, 7) is 4.01. The molecule has 0 atom stereocenters. The van der Waals surface area contributed by atoms with E-state index in [1.54, 1.807) is 19.2 Å². The van der Waals surface area contributed by atoms with Crippen LogP contribution in [0.3, 0.4) is 0 Å².